The lowest BCUT2D eigenvalue weighted by molar-refractivity contribution is 0.324. The highest BCUT2D eigenvalue weighted by atomic mass is 32.2. The van der Waals surface area contributed by atoms with E-state index in [4.69, 9.17) is 11.6 Å². The van der Waals surface area contributed by atoms with E-state index < -0.39 is 0 Å². The standard InChI is InChI=1S/C20H29FN6S2/c1-13(2)6-15-7-16(21)19(20(22)25-23)17(8-15)27-5-4-26(11-28-12-27)10-18-24-9-14(3)29-18/h7-9,13H,4-6,10-12,23H2,1-3H3,(H2,22,25). The third kappa shape index (κ3) is 5.61. The minimum Gasteiger partial charge on any atom is -0.382 e. The van der Waals surface area contributed by atoms with E-state index in [0.29, 0.717) is 11.5 Å². The van der Waals surface area contributed by atoms with Crippen LogP contribution >= 0.6 is 23.1 Å². The Balaban J connectivity index is 1.83. The van der Waals surface area contributed by atoms with Crippen LogP contribution in [-0.2, 0) is 13.0 Å². The van der Waals surface area contributed by atoms with Crippen molar-refractivity contribution in [2.45, 2.75) is 33.7 Å². The van der Waals surface area contributed by atoms with E-state index in [1.54, 1.807) is 29.2 Å². The van der Waals surface area contributed by atoms with Crippen molar-refractivity contribution >= 4 is 34.6 Å². The molecule has 2 heterocycles. The Labute approximate surface area is 180 Å². The smallest absolute Gasteiger partial charge is 0.155 e. The minimum absolute atomic E-state index is 0.0259. The molecule has 0 aliphatic carbocycles. The molecule has 9 heteroatoms. The van der Waals surface area contributed by atoms with E-state index >= 15 is 0 Å². The number of hydrazone groups is 1. The fraction of sp³-hybridized carbons (Fsp3) is 0.500. The van der Waals surface area contributed by atoms with Gasteiger partial charge >= 0.3 is 0 Å². The second-order valence-corrected chi connectivity index (χ2v) is 9.97. The van der Waals surface area contributed by atoms with Gasteiger partial charge in [0.15, 0.2) is 5.84 Å². The van der Waals surface area contributed by atoms with E-state index in [1.165, 1.54) is 4.88 Å². The molecule has 1 saturated heterocycles. The van der Waals surface area contributed by atoms with Gasteiger partial charge in [-0.25, -0.2) is 9.37 Å². The number of amidine groups is 1. The zero-order valence-corrected chi connectivity index (χ0v) is 18.8. The van der Waals surface area contributed by atoms with Gasteiger partial charge < -0.3 is 16.5 Å². The lowest BCUT2D eigenvalue weighted by Crippen LogP contribution is -2.32. The molecule has 0 radical (unpaired) electrons. The molecule has 0 saturated carbocycles. The summed E-state index contributed by atoms with van der Waals surface area (Å²) in [6.45, 7) is 8.79. The van der Waals surface area contributed by atoms with E-state index in [0.717, 1.165) is 54.1 Å². The highest BCUT2D eigenvalue weighted by Crippen LogP contribution is 2.29. The van der Waals surface area contributed by atoms with E-state index in [9.17, 15) is 4.39 Å². The number of hydrogen-bond donors (Lipinski definition) is 2. The average Bonchev–Trinajstić information content (AvgIpc) is 2.93. The van der Waals surface area contributed by atoms with Crippen molar-refractivity contribution in [2.24, 2.45) is 22.6 Å². The molecule has 158 valence electrons. The summed E-state index contributed by atoms with van der Waals surface area (Å²) in [6, 6.07) is 3.59. The van der Waals surface area contributed by atoms with Gasteiger partial charge in [0.1, 0.15) is 10.8 Å². The van der Waals surface area contributed by atoms with Crippen LogP contribution in [0.15, 0.2) is 23.4 Å². The van der Waals surface area contributed by atoms with Crippen molar-refractivity contribution in [3.05, 3.63) is 45.2 Å². The van der Waals surface area contributed by atoms with Crippen LogP contribution in [0.1, 0.15) is 34.9 Å². The normalized spacial score (nSPS) is 16.4. The molecule has 0 amide bonds. The Hall–Kier alpha value is -1.84. The first-order chi connectivity index (χ1) is 13.9. The molecular weight excluding hydrogens is 407 g/mol. The van der Waals surface area contributed by atoms with E-state index in [1.807, 2.05) is 12.3 Å². The molecule has 2 aromatic rings. The van der Waals surface area contributed by atoms with Gasteiger partial charge in [-0.15, -0.1) is 23.1 Å². The quantitative estimate of drug-likeness (QED) is 0.313. The molecule has 29 heavy (non-hydrogen) atoms. The molecule has 0 unspecified atom stereocenters. The number of thiazole rings is 1. The fourth-order valence-electron chi connectivity index (χ4n) is 3.46. The van der Waals surface area contributed by atoms with Crippen molar-refractivity contribution in [1.29, 1.82) is 0 Å². The Bertz CT molecular complexity index is 867. The van der Waals surface area contributed by atoms with Gasteiger partial charge in [0.05, 0.1) is 23.7 Å². The third-order valence-corrected chi connectivity index (χ3v) is 6.68. The average molecular weight is 437 g/mol. The minimum atomic E-state index is -0.366. The zero-order valence-electron chi connectivity index (χ0n) is 17.2. The fourth-order valence-corrected chi connectivity index (χ4v) is 5.33. The molecule has 0 spiro atoms. The molecular formula is C20H29FN6S2. The molecule has 6 nitrogen and oxygen atoms in total. The first-order valence-electron chi connectivity index (χ1n) is 9.70. The van der Waals surface area contributed by atoms with Crippen molar-refractivity contribution in [3.63, 3.8) is 0 Å². The van der Waals surface area contributed by atoms with E-state index in [2.05, 4.69) is 40.7 Å². The molecule has 1 aromatic heterocycles. The summed E-state index contributed by atoms with van der Waals surface area (Å²) < 4.78 is 15.0. The maximum atomic E-state index is 15.0. The predicted molar refractivity (Wildman–Crippen MR) is 122 cm³/mol. The molecule has 1 fully saturated rings. The van der Waals surface area contributed by atoms with Gasteiger partial charge in [-0.1, -0.05) is 13.8 Å². The Morgan fingerprint density at radius 2 is 2.10 bits per heavy atom. The zero-order chi connectivity index (χ0) is 21.0. The number of thioether (sulfide) groups is 1. The van der Waals surface area contributed by atoms with Crippen LogP contribution in [0, 0.1) is 18.7 Å². The number of nitrogens with two attached hydrogens (primary N) is 2. The molecule has 1 aliphatic heterocycles. The first kappa shape index (κ1) is 21.9. The number of aryl methyl sites for hydroxylation is 1. The highest BCUT2D eigenvalue weighted by molar-refractivity contribution is 7.99. The molecule has 0 atom stereocenters. The number of nitrogens with zero attached hydrogens (tertiary/aromatic N) is 4. The summed E-state index contributed by atoms with van der Waals surface area (Å²) in [6.07, 6.45) is 2.72. The van der Waals surface area contributed by atoms with Crippen LogP contribution in [0.25, 0.3) is 0 Å². The summed E-state index contributed by atoms with van der Waals surface area (Å²) in [5.74, 6) is 7.14. The Morgan fingerprint density at radius 3 is 2.76 bits per heavy atom. The van der Waals surface area contributed by atoms with Gasteiger partial charge in [0.2, 0.25) is 0 Å². The van der Waals surface area contributed by atoms with Crippen molar-refractivity contribution in [2.75, 3.05) is 29.7 Å². The molecule has 3 rings (SSSR count). The number of rotatable bonds is 6. The third-order valence-electron chi connectivity index (χ3n) is 4.74. The summed E-state index contributed by atoms with van der Waals surface area (Å²) >= 11 is 3.53. The molecule has 4 N–H and O–H groups in total. The van der Waals surface area contributed by atoms with Gasteiger partial charge in [0.25, 0.3) is 0 Å². The van der Waals surface area contributed by atoms with Crippen LogP contribution < -0.4 is 16.5 Å². The van der Waals surface area contributed by atoms with Crippen LogP contribution in [0.5, 0.6) is 0 Å². The topological polar surface area (TPSA) is 83.8 Å². The van der Waals surface area contributed by atoms with Crippen LogP contribution in [0.4, 0.5) is 10.1 Å². The summed E-state index contributed by atoms with van der Waals surface area (Å²) in [5.41, 5.74) is 7.99. The lowest BCUT2D eigenvalue weighted by atomic mass is 9.99. The van der Waals surface area contributed by atoms with Crippen LogP contribution in [0.2, 0.25) is 0 Å². The number of halogens is 1. The number of hydrogen-bond acceptors (Lipinski definition) is 7. The molecule has 0 bridgehead atoms. The predicted octanol–water partition coefficient (Wildman–Crippen LogP) is 3.34. The lowest BCUT2D eigenvalue weighted by Gasteiger charge is -2.26. The Morgan fingerprint density at radius 1 is 1.31 bits per heavy atom. The Kier molecular flexibility index (Phi) is 7.37. The molecule has 1 aromatic carbocycles. The SMILES string of the molecule is Cc1cnc(CN2CCN(c3cc(CC(C)C)cc(F)c3/C(N)=N/N)CSC2)s1. The van der Waals surface area contributed by atoms with Crippen LogP contribution in [0.3, 0.4) is 0 Å². The number of aromatic nitrogens is 1. The van der Waals surface area contributed by atoms with Crippen molar-refractivity contribution in [3.8, 4) is 0 Å². The van der Waals surface area contributed by atoms with E-state index in [-0.39, 0.29) is 11.7 Å². The van der Waals surface area contributed by atoms with Gasteiger partial charge in [0, 0.05) is 30.0 Å². The largest absolute Gasteiger partial charge is 0.382 e. The van der Waals surface area contributed by atoms with Crippen molar-refractivity contribution < 1.29 is 4.39 Å². The monoisotopic (exact) mass is 436 g/mol. The maximum Gasteiger partial charge on any atom is 0.155 e. The van der Waals surface area contributed by atoms with Gasteiger partial charge in [-0.05, 0) is 37.0 Å². The number of anilines is 1. The van der Waals surface area contributed by atoms with Gasteiger partial charge in [-0.2, -0.15) is 5.10 Å². The second-order valence-electron chi connectivity index (χ2n) is 7.73. The first-order valence-corrected chi connectivity index (χ1v) is 11.7. The van der Waals surface area contributed by atoms with Gasteiger partial charge in [-0.3, -0.25) is 4.90 Å². The highest BCUT2D eigenvalue weighted by Gasteiger charge is 2.23. The molecule has 1 aliphatic rings. The summed E-state index contributed by atoms with van der Waals surface area (Å²) in [5, 5.41) is 4.69. The summed E-state index contributed by atoms with van der Waals surface area (Å²) in [4.78, 5) is 10.3. The second kappa shape index (κ2) is 9.77. The summed E-state index contributed by atoms with van der Waals surface area (Å²) in [7, 11) is 0. The van der Waals surface area contributed by atoms with Crippen molar-refractivity contribution in [1.82, 2.24) is 9.88 Å². The number of benzene rings is 1. The van der Waals surface area contributed by atoms with Crippen LogP contribution in [-0.4, -0.2) is 40.6 Å². The maximum absolute atomic E-state index is 15.0.